The molecule has 0 fully saturated rings. The molecule has 0 aromatic heterocycles. The van der Waals surface area contributed by atoms with Crippen LogP contribution in [0, 0.1) is 6.20 Å². The third-order valence-corrected chi connectivity index (χ3v) is 0.400. The van der Waals surface area contributed by atoms with E-state index in [2.05, 4.69) is 16.3 Å². The van der Waals surface area contributed by atoms with Gasteiger partial charge in [0.2, 0.25) is 0 Å². The SMILES string of the molecule is [C]1=COCN1. The lowest BCUT2D eigenvalue weighted by Crippen LogP contribution is -1.99. The smallest absolute Gasteiger partial charge is 0.158 e. The van der Waals surface area contributed by atoms with Gasteiger partial charge < -0.3 is 10.1 Å². The molecule has 0 saturated carbocycles. The van der Waals surface area contributed by atoms with Gasteiger partial charge in [0.05, 0.1) is 6.20 Å². The second-order valence-corrected chi connectivity index (χ2v) is 0.750. The van der Waals surface area contributed by atoms with Crippen LogP contribution in [-0.2, 0) is 4.74 Å². The van der Waals surface area contributed by atoms with Gasteiger partial charge in [0, 0.05) is 0 Å². The first-order valence-electron chi connectivity index (χ1n) is 1.42. The molecule has 1 N–H and O–H groups in total. The van der Waals surface area contributed by atoms with E-state index in [4.69, 9.17) is 0 Å². The van der Waals surface area contributed by atoms with E-state index >= 15 is 0 Å². The van der Waals surface area contributed by atoms with Gasteiger partial charge in [-0.15, -0.1) is 0 Å². The van der Waals surface area contributed by atoms with Crippen molar-refractivity contribution in [2.24, 2.45) is 0 Å². The number of nitrogens with one attached hydrogen (secondary N) is 1. The van der Waals surface area contributed by atoms with Gasteiger partial charge in [-0.05, 0) is 0 Å². The second kappa shape index (κ2) is 0.971. The molecule has 1 radical (unpaired) electrons. The Bertz CT molecular complexity index is 44.9. The van der Waals surface area contributed by atoms with E-state index in [1.165, 1.54) is 6.26 Å². The summed E-state index contributed by atoms with van der Waals surface area (Å²) in [5, 5.41) is 2.69. The zero-order valence-electron chi connectivity index (χ0n) is 2.69. The third-order valence-electron chi connectivity index (χ3n) is 0.400. The van der Waals surface area contributed by atoms with Gasteiger partial charge in [0.25, 0.3) is 0 Å². The standard InChI is InChI=1S/C3H4NO/c1-2-5-3-4-1/h2,4H,3H2. The Morgan fingerprint density at radius 3 is 3.20 bits per heavy atom. The second-order valence-electron chi connectivity index (χ2n) is 0.750. The van der Waals surface area contributed by atoms with Crippen LogP contribution in [0.15, 0.2) is 6.26 Å². The van der Waals surface area contributed by atoms with Crippen molar-refractivity contribution in [3.8, 4) is 0 Å². The van der Waals surface area contributed by atoms with Crippen molar-refractivity contribution in [3.05, 3.63) is 12.5 Å². The maximum absolute atomic E-state index is 4.60. The predicted molar refractivity (Wildman–Crippen MR) is 16.9 cm³/mol. The Hall–Kier alpha value is -0.660. The van der Waals surface area contributed by atoms with E-state index in [1.54, 1.807) is 0 Å². The van der Waals surface area contributed by atoms with E-state index in [-0.39, 0.29) is 0 Å². The van der Waals surface area contributed by atoms with Crippen molar-refractivity contribution in [2.45, 2.75) is 0 Å². The van der Waals surface area contributed by atoms with Crippen LogP contribution >= 0.6 is 0 Å². The van der Waals surface area contributed by atoms with Gasteiger partial charge in [0.15, 0.2) is 6.73 Å². The summed E-state index contributed by atoms with van der Waals surface area (Å²) in [6.07, 6.45) is 4.12. The number of ether oxygens (including phenoxy) is 1. The monoisotopic (exact) mass is 70.0 g/mol. The topological polar surface area (TPSA) is 21.3 Å². The summed E-state index contributed by atoms with van der Waals surface area (Å²) in [6, 6.07) is 0. The highest BCUT2D eigenvalue weighted by atomic mass is 16.5. The van der Waals surface area contributed by atoms with Gasteiger partial charge in [-0.2, -0.15) is 0 Å². The van der Waals surface area contributed by atoms with Crippen molar-refractivity contribution in [3.63, 3.8) is 0 Å². The Morgan fingerprint density at radius 1 is 2.00 bits per heavy atom. The quantitative estimate of drug-likeness (QED) is 0.427. The summed E-state index contributed by atoms with van der Waals surface area (Å²) in [4.78, 5) is 0. The molecule has 0 unspecified atom stereocenters. The summed E-state index contributed by atoms with van der Waals surface area (Å²) < 4.78 is 4.60. The predicted octanol–water partition coefficient (Wildman–Crippen LogP) is -0.162. The number of hydrogen-bond acceptors (Lipinski definition) is 2. The molecule has 2 heteroatoms. The van der Waals surface area contributed by atoms with Crippen LogP contribution in [0.1, 0.15) is 0 Å². The highest BCUT2D eigenvalue weighted by Crippen LogP contribution is 1.76. The molecule has 5 heavy (non-hydrogen) atoms. The molecule has 27 valence electrons. The Balaban J connectivity index is 2.32. The van der Waals surface area contributed by atoms with Crippen molar-refractivity contribution in [2.75, 3.05) is 6.73 Å². The van der Waals surface area contributed by atoms with E-state index in [0.717, 1.165) is 0 Å². The summed E-state index contributed by atoms with van der Waals surface area (Å²) >= 11 is 0. The fourth-order valence-corrected chi connectivity index (χ4v) is 0.208. The lowest BCUT2D eigenvalue weighted by Gasteiger charge is -1.81. The highest BCUT2D eigenvalue weighted by Gasteiger charge is 1.81. The maximum atomic E-state index is 4.60. The van der Waals surface area contributed by atoms with Gasteiger partial charge in [-0.25, -0.2) is 0 Å². The van der Waals surface area contributed by atoms with Crippen molar-refractivity contribution in [1.82, 2.24) is 5.32 Å². The average molecular weight is 70.1 g/mol. The van der Waals surface area contributed by atoms with Gasteiger partial charge in [0.1, 0.15) is 6.26 Å². The molecule has 0 aromatic carbocycles. The van der Waals surface area contributed by atoms with Crippen LogP contribution in [0.4, 0.5) is 0 Å². The molecule has 0 amide bonds. The third kappa shape index (κ3) is 0.318. The van der Waals surface area contributed by atoms with Gasteiger partial charge >= 0.3 is 0 Å². The summed E-state index contributed by atoms with van der Waals surface area (Å²) in [7, 11) is 0. The lowest BCUT2D eigenvalue weighted by molar-refractivity contribution is 0.267. The summed E-state index contributed by atoms with van der Waals surface area (Å²) in [5.74, 6) is 0. The van der Waals surface area contributed by atoms with E-state index in [0.29, 0.717) is 6.73 Å². The number of rotatable bonds is 0. The fraction of sp³-hybridized carbons (Fsp3) is 0.333. The van der Waals surface area contributed by atoms with Crippen LogP contribution < -0.4 is 5.32 Å². The first kappa shape index (κ1) is 2.57. The molecule has 1 aliphatic rings. The van der Waals surface area contributed by atoms with Crippen LogP contribution in [0.2, 0.25) is 0 Å². The average Bonchev–Trinajstić information content (AvgIpc) is 1.76. The minimum atomic E-state index is 0.583. The normalized spacial score (nSPS) is 17.6. The van der Waals surface area contributed by atoms with Crippen LogP contribution in [0.5, 0.6) is 0 Å². The molecule has 1 aliphatic heterocycles. The van der Waals surface area contributed by atoms with E-state index in [9.17, 15) is 0 Å². The maximum Gasteiger partial charge on any atom is 0.158 e. The molecule has 0 atom stereocenters. The fourth-order valence-electron chi connectivity index (χ4n) is 0.208. The molecule has 2 nitrogen and oxygen atoms in total. The van der Waals surface area contributed by atoms with E-state index < -0.39 is 0 Å². The highest BCUT2D eigenvalue weighted by molar-refractivity contribution is 4.63. The van der Waals surface area contributed by atoms with Crippen LogP contribution in [0.3, 0.4) is 0 Å². The van der Waals surface area contributed by atoms with Gasteiger partial charge in [-0.1, -0.05) is 0 Å². The minimum Gasteiger partial charge on any atom is -0.479 e. The Labute approximate surface area is 30.4 Å². The summed E-state index contributed by atoms with van der Waals surface area (Å²) in [5.41, 5.74) is 0. The Morgan fingerprint density at radius 2 is 3.00 bits per heavy atom. The molecule has 1 rings (SSSR count). The first-order chi connectivity index (χ1) is 2.50. The number of hydrogen-bond donors (Lipinski definition) is 1. The molecule has 0 saturated heterocycles. The van der Waals surface area contributed by atoms with Gasteiger partial charge in [-0.3, -0.25) is 0 Å². The van der Waals surface area contributed by atoms with E-state index in [1.807, 2.05) is 0 Å². The molecule has 0 aromatic rings. The van der Waals surface area contributed by atoms with Crippen LogP contribution in [0.25, 0.3) is 0 Å². The zero-order valence-corrected chi connectivity index (χ0v) is 2.69. The lowest BCUT2D eigenvalue weighted by atomic mass is 11.0. The van der Waals surface area contributed by atoms with Crippen molar-refractivity contribution in [1.29, 1.82) is 0 Å². The molecule has 0 spiro atoms. The molecule has 1 heterocycles. The zero-order chi connectivity index (χ0) is 3.54. The van der Waals surface area contributed by atoms with Crippen molar-refractivity contribution < 1.29 is 4.74 Å². The minimum absolute atomic E-state index is 0.583. The molecule has 0 bridgehead atoms. The molecular weight excluding hydrogens is 66.0 g/mol. The summed E-state index contributed by atoms with van der Waals surface area (Å²) in [6.45, 7) is 0.583. The van der Waals surface area contributed by atoms with Crippen molar-refractivity contribution >= 4 is 0 Å². The largest absolute Gasteiger partial charge is 0.479 e. The van der Waals surface area contributed by atoms with Crippen LogP contribution in [-0.4, -0.2) is 6.73 Å². The first-order valence-corrected chi connectivity index (χ1v) is 1.42. The molecule has 0 aliphatic carbocycles. The molecular formula is C3H4NO. The Kier molecular flexibility index (Phi) is 0.499.